The first-order chi connectivity index (χ1) is 23.4. The molecule has 2 aliphatic rings. The molecule has 258 valence electrons. The number of fused-ring (bicyclic) bond motifs is 1. The zero-order valence-electron chi connectivity index (χ0n) is 28.3. The fraction of sp³-hybridized carbons (Fsp3) is 0.474. The molecule has 0 aromatic heterocycles. The average molecular weight is 661 g/mol. The van der Waals surface area contributed by atoms with Crippen molar-refractivity contribution in [2.75, 3.05) is 58.6 Å². The van der Waals surface area contributed by atoms with Gasteiger partial charge in [0.25, 0.3) is 0 Å². The fourth-order valence-electron chi connectivity index (χ4n) is 6.54. The van der Waals surface area contributed by atoms with Crippen molar-refractivity contribution in [3.8, 4) is 11.5 Å². The van der Waals surface area contributed by atoms with Crippen LogP contribution in [0.25, 0.3) is 0 Å². The highest BCUT2D eigenvalue weighted by Gasteiger charge is 2.33. The van der Waals surface area contributed by atoms with E-state index < -0.39 is 6.09 Å². The Balaban J connectivity index is 1.16. The van der Waals surface area contributed by atoms with Gasteiger partial charge in [-0.05, 0) is 67.1 Å². The Morgan fingerprint density at radius 2 is 1.79 bits per heavy atom. The number of anilines is 1. The third-order valence-electron chi connectivity index (χ3n) is 9.18. The highest BCUT2D eigenvalue weighted by molar-refractivity contribution is 5.96. The van der Waals surface area contributed by atoms with Gasteiger partial charge in [0.2, 0.25) is 5.91 Å². The van der Waals surface area contributed by atoms with E-state index in [1.807, 2.05) is 60.4 Å². The second-order valence-corrected chi connectivity index (χ2v) is 12.4. The van der Waals surface area contributed by atoms with Gasteiger partial charge < -0.3 is 38.6 Å². The predicted octanol–water partition coefficient (Wildman–Crippen LogP) is 6.61. The highest BCUT2D eigenvalue weighted by atomic mass is 16.5. The third kappa shape index (κ3) is 9.06. The lowest BCUT2D eigenvalue weighted by Crippen LogP contribution is -2.46. The lowest BCUT2D eigenvalue weighted by Gasteiger charge is -2.37. The Hall–Kier alpha value is -4.12. The summed E-state index contributed by atoms with van der Waals surface area (Å²) >= 11 is 0. The van der Waals surface area contributed by atoms with Gasteiger partial charge in [-0.2, -0.15) is 0 Å². The normalized spacial score (nSPS) is 18.4. The second kappa shape index (κ2) is 17.3. The summed E-state index contributed by atoms with van der Waals surface area (Å²) in [6.45, 7) is 5.37. The van der Waals surface area contributed by atoms with Gasteiger partial charge in [0, 0.05) is 56.8 Å². The molecule has 0 radical (unpaired) electrons. The monoisotopic (exact) mass is 660 g/mol. The standard InChI is InChI=1S/C38H48N2O8/c1-27(32-8-4-5-9-35(32)45-3)46-22-7-23-47-31-15-12-29(13-16-31)33-18-20-39(38(42)43)25-36(33)48-26-28-10-11-30-14-17-37(41)40(34(30)24-28)19-6-21-44-2/h4-5,8-13,15-16,24,27,33,36H,6-7,14,17-23,25-26H2,1-3H3,(H,42,43). The Morgan fingerprint density at radius 3 is 2.56 bits per heavy atom. The molecule has 2 amide bonds. The summed E-state index contributed by atoms with van der Waals surface area (Å²) in [6.07, 6.45) is 2.06. The van der Waals surface area contributed by atoms with Gasteiger partial charge >= 0.3 is 6.09 Å². The molecule has 0 saturated carbocycles. The summed E-state index contributed by atoms with van der Waals surface area (Å²) in [5.74, 6) is 1.75. The minimum Gasteiger partial charge on any atom is -0.496 e. The molecular weight excluding hydrogens is 612 g/mol. The second-order valence-electron chi connectivity index (χ2n) is 12.4. The summed E-state index contributed by atoms with van der Waals surface area (Å²) in [7, 11) is 3.33. The molecule has 48 heavy (non-hydrogen) atoms. The van der Waals surface area contributed by atoms with Gasteiger partial charge in [0.1, 0.15) is 11.5 Å². The zero-order chi connectivity index (χ0) is 33.9. The Labute approximate surface area is 283 Å². The smallest absolute Gasteiger partial charge is 0.407 e. The number of nitrogens with zero attached hydrogens (tertiary/aromatic N) is 2. The van der Waals surface area contributed by atoms with E-state index >= 15 is 0 Å². The van der Waals surface area contributed by atoms with Crippen molar-refractivity contribution < 1.29 is 38.4 Å². The number of methoxy groups -OCH3 is 2. The maximum atomic E-state index is 12.7. The first kappa shape index (κ1) is 35.2. The van der Waals surface area contributed by atoms with Crippen LogP contribution >= 0.6 is 0 Å². The number of amides is 2. The topological polar surface area (TPSA) is 107 Å². The van der Waals surface area contributed by atoms with E-state index in [0.717, 1.165) is 58.7 Å². The molecule has 2 heterocycles. The molecule has 1 N–H and O–H groups in total. The number of carboxylic acid groups (broad SMARTS) is 1. The molecule has 2 aliphatic heterocycles. The van der Waals surface area contributed by atoms with Crippen molar-refractivity contribution in [3.05, 3.63) is 89.0 Å². The maximum absolute atomic E-state index is 12.7. The van der Waals surface area contributed by atoms with Gasteiger partial charge in [-0.1, -0.05) is 42.5 Å². The number of benzene rings is 3. The predicted molar refractivity (Wildman–Crippen MR) is 183 cm³/mol. The molecule has 3 unspecified atom stereocenters. The quantitative estimate of drug-likeness (QED) is 0.171. The van der Waals surface area contributed by atoms with Gasteiger partial charge in [0.05, 0.1) is 45.7 Å². The number of likely N-dealkylation sites (tertiary alicyclic amines) is 1. The minimum absolute atomic E-state index is 0.0317. The van der Waals surface area contributed by atoms with E-state index in [4.69, 9.17) is 23.7 Å². The van der Waals surface area contributed by atoms with Crippen LogP contribution in [0.5, 0.6) is 11.5 Å². The molecule has 3 aromatic carbocycles. The minimum atomic E-state index is -0.939. The molecule has 5 rings (SSSR count). The summed E-state index contributed by atoms with van der Waals surface area (Å²) in [5.41, 5.74) is 5.15. The van der Waals surface area contributed by atoms with Crippen molar-refractivity contribution in [1.29, 1.82) is 0 Å². The highest BCUT2D eigenvalue weighted by Crippen LogP contribution is 2.34. The van der Waals surface area contributed by atoms with Crippen LogP contribution in [0.1, 0.15) is 66.9 Å². The molecule has 1 saturated heterocycles. The maximum Gasteiger partial charge on any atom is 0.407 e. The first-order valence-electron chi connectivity index (χ1n) is 16.9. The third-order valence-corrected chi connectivity index (χ3v) is 9.18. The van der Waals surface area contributed by atoms with Crippen LogP contribution in [0.15, 0.2) is 66.7 Å². The largest absolute Gasteiger partial charge is 0.496 e. The van der Waals surface area contributed by atoms with E-state index in [1.54, 1.807) is 14.2 Å². The fourth-order valence-corrected chi connectivity index (χ4v) is 6.54. The molecular formula is C38H48N2O8. The molecule has 10 nitrogen and oxygen atoms in total. The molecule has 1 fully saturated rings. The number of aryl methyl sites for hydroxylation is 1. The first-order valence-corrected chi connectivity index (χ1v) is 16.9. The van der Waals surface area contributed by atoms with Crippen LogP contribution in [-0.2, 0) is 32.0 Å². The van der Waals surface area contributed by atoms with E-state index in [0.29, 0.717) is 52.4 Å². The number of rotatable bonds is 16. The van der Waals surface area contributed by atoms with Crippen molar-refractivity contribution in [2.45, 2.75) is 63.8 Å². The van der Waals surface area contributed by atoms with Crippen LogP contribution < -0.4 is 14.4 Å². The molecule has 0 bridgehead atoms. The molecule has 3 aromatic rings. The van der Waals surface area contributed by atoms with Gasteiger partial charge in [0.15, 0.2) is 0 Å². The zero-order valence-corrected chi connectivity index (χ0v) is 28.3. The van der Waals surface area contributed by atoms with Gasteiger partial charge in [-0.15, -0.1) is 0 Å². The SMILES string of the molecule is COCCCN1C(=O)CCc2ccc(COC3CN(C(=O)O)CCC3c3ccc(OCCCOC(C)c4ccccc4OC)cc3)cc21. The Morgan fingerprint density at radius 1 is 0.979 bits per heavy atom. The van der Waals surface area contributed by atoms with Crippen LogP contribution in [0.3, 0.4) is 0 Å². The summed E-state index contributed by atoms with van der Waals surface area (Å²) < 4.78 is 29.1. The van der Waals surface area contributed by atoms with Crippen molar-refractivity contribution in [3.63, 3.8) is 0 Å². The van der Waals surface area contributed by atoms with Crippen LogP contribution in [0.2, 0.25) is 0 Å². The summed E-state index contributed by atoms with van der Waals surface area (Å²) in [4.78, 5) is 27.9. The molecule has 0 spiro atoms. The van der Waals surface area contributed by atoms with Crippen LogP contribution in [0, 0.1) is 0 Å². The van der Waals surface area contributed by atoms with E-state index in [9.17, 15) is 14.7 Å². The number of ether oxygens (including phenoxy) is 5. The lowest BCUT2D eigenvalue weighted by atomic mass is 9.87. The van der Waals surface area contributed by atoms with Crippen molar-refractivity contribution in [2.24, 2.45) is 0 Å². The Kier molecular flexibility index (Phi) is 12.7. The van der Waals surface area contributed by atoms with E-state index in [1.165, 1.54) is 4.90 Å². The van der Waals surface area contributed by atoms with Gasteiger partial charge in [-0.25, -0.2) is 4.79 Å². The van der Waals surface area contributed by atoms with Gasteiger partial charge in [-0.3, -0.25) is 4.79 Å². The van der Waals surface area contributed by atoms with E-state index in [2.05, 4.69) is 18.2 Å². The summed E-state index contributed by atoms with van der Waals surface area (Å²) in [5, 5.41) is 9.74. The van der Waals surface area contributed by atoms with E-state index in [-0.39, 0.29) is 30.6 Å². The average Bonchev–Trinajstić information content (AvgIpc) is 3.11. The number of hydrogen-bond acceptors (Lipinski definition) is 7. The molecule has 0 aliphatic carbocycles. The molecule has 3 atom stereocenters. The summed E-state index contributed by atoms with van der Waals surface area (Å²) in [6, 6.07) is 22.1. The lowest BCUT2D eigenvalue weighted by molar-refractivity contribution is -0.118. The Bertz CT molecular complexity index is 1500. The number of carbonyl (C=O) groups excluding carboxylic acids is 1. The van der Waals surface area contributed by atoms with Crippen LogP contribution in [-0.4, -0.2) is 81.8 Å². The van der Waals surface area contributed by atoms with Crippen LogP contribution in [0.4, 0.5) is 10.5 Å². The number of piperidine rings is 1. The number of para-hydroxylation sites is 1. The van der Waals surface area contributed by atoms with Crippen molar-refractivity contribution >= 4 is 17.7 Å². The number of carbonyl (C=O) groups is 2. The number of hydrogen-bond donors (Lipinski definition) is 1. The molecule has 10 heteroatoms. The van der Waals surface area contributed by atoms with Crippen molar-refractivity contribution in [1.82, 2.24) is 4.90 Å².